The Morgan fingerprint density at radius 1 is 1.11 bits per heavy atom. The molecule has 2 aromatic carbocycles. The molecule has 2 aliphatic heterocycles. The SMILES string of the molecule is COc1ccc(N2CCN(C(=O)C[C@@H]3Oc4ccccc4NC3=O)CC2)cc1. The molecule has 7 nitrogen and oxygen atoms in total. The molecule has 1 fully saturated rings. The number of fused-ring (bicyclic) bond motifs is 1. The van der Waals surface area contributed by atoms with Gasteiger partial charge in [-0.25, -0.2) is 0 Å². The molecule has 0 aromatic heterocycles. The Hall–Kier alpha value is -3.22. The van der Waals surface area contributed by atoms with Gasteiger partial charge in [-0.15, -0.1) is 0 Å². The molecule has 1 N–H and O–H groups in total. The third-order valence-electron chi connectivity index (χ3n) is 5.14. The number of ether oxygens (including phenoxy) is 2. The van der Waals surface area contributed by atoms with E-state index in [1.807, 2.05) is 36.4 Å². The summed E-state index contributed by atoms with van der Waals surface area (Å²) in [7, 11) is 1.65. The standard InChI is InChI=1S/C21H23N3O4/c1-27-16-8-6-15(7-9-16)23-10-12-24(13-11-23)20(25)14-19-21(26)22-17-4-2-3-5-18(17)28-19/h2-9,19H,10-14H2,1H3,(H,22,26)/t19-/m0/s1. The molecule has 2 aliphatic rings. The Labute approximate surface area is 163 Å². The van der Waals surface area contributed by atoms with Gasteiger partial charge < -0.3 is 24.6 Å². The largest absolute Gasteiger partial charge is 0.497 e. The van der Waals surface area contributed by atoms with Crippen molar-refractivity contribution in [3.8, 4) is 11.5 Å². The molecule has 1 atom stereocenters. The van der Waals surface area contributed by atoms with Gasteiger partial charge >= 0.3 is 0 Å². The lowest BCUT2D eigenvalue weighted by molar-refractivity contribution is -0.137. The highest BCUT2D eigenvalue weighted by Gasteiger charge is 2.32. The van der Waals surface area contributed by atoms with Crippen LogP contribution in [0.2, 0.25) is 0 Å². The Morgan fingerprint density at radius 3 is 2.54 bits per heavy atom. The zero-order valence-electron chi connectivity index (χ0n) is 15.8. The summed E-state index contributed by atoms with van der Waals surface area (Å²) in [5.41, 5.74) is 1.75. The van der Waals surface area contributed by atoms with Crippen LogP contribution in [0.3, 0.4) is 0 Å². The van der Waals surface area contributed by atoms with E-state index in [4.69, 9.17) is 9.47 Å². The van der Waals surface area contributed by atoms with Gasteiger partial charge in [0.2, 0.25) is 5.91 Å². The van der Waals surface area contributed by atoms with Crippen molar-refractivity contribution in [3.63, 3.8) is 0 Å². The van der Waals surface area contributed by atoms with E-state index < -0.39 is 6.10 Å². The number of amides is 2. The minimum absolute atomic E-state index is 0.0443. The summed E-state index contributed by atoms with van der Waals surface area (Å²) in [6.07, 6.45) is -0.745. The van der Waals surface area contributed by atoms with Crippen LogP contribution < -0.4 is 19.7 Å². The third-order valence-corrected chi connectivity index (χ3v) is 5.14. The van der Waals surface area contributed by atoms with Crippen molar-refractivity contribution in [2.24, 2.45) is 0 Å². The van der Waals surface area contributed by atoms with Gasteiger partial charge in [0.15, 0.2) is 6.10 Å². The Balaban J connectivity index is 1.32. The summed E-state index contributed by atoms with van der Waals surface area (Å²) < 4.78 is 10.9. The number of para-hydroxylation sites is 2. The number of carbonyl (C=O) groups is 2. The molecule has 0 saturated carbocycles. The van der Waals surface area contributed by atoms with Gasteiger partial charge in [0.05, 0.1) is 19.2 Å². The second-order valence-electron chi connectivity index (χ2n) is 6.86. The Bertz CT molecular complexity index is 860. The highest BCUT2D eigenvalue weighted by molar-refractivity contribution is 5.99. The van der Waals surface area contributed by atoms with Crippen LogP contribution in [-0.2, 0) is 9.59 Å². The van der Waals surface area contributed by atoms with Crippen LogP contribution in [0.15, 0.2) is 48.5 Å². The molecular weight excluding hydrogens is 358 g/mol. The van der Waals surface area contributed by atoms with Gasteiger partial charge in [-0.3, -0.25) is 9.59 Å². The summed E-state index contributed by atoms with van der Waals surface area (Å²) >= 11 is 0. The van der Waals surface area contributed by atoms with Gasteiger partial charge in [-0.1, -0.05) is 12.1 Å². The maximum atomic E-state index is 12.7. The lowest BCUT2D eigenvalue weighted by Gasteiger charge is -2.37. The van der Waals surface area contributed by atoms with E-state index in [-0.39, 0.29) is 18.2 Å². The number of hydrogen-bond acceptors (Lipinski definition) is 5. The lowest BCUT2D eigenvalue weighted by atomic mass is 10.1. The second-order valence-corrected chi connectivity index (χ2v) is 6.86. The fourth-order valence-electron chi connectivity index (χ4n) is 3.52. The van der Waals surface area contributed by atoms with E-state index in [1.54, 1.807) is 24.1 Å². The topological polar surface area (TPSA) is 71.1 Å². The summed E-state index contributed by atoms with van der Waals surface area (Å²) in [5, 5.41) is 2.80. The predicted octanol–water partition coefficient (Wildman–Crippen LogP) is 2.13. The molecule has 0 radical (unpaired) electrons. The maximum Gasteiger partial charge on any atom is 0.266 e. The van der Waals surface area contributed by atoms with E-state index in [2.05, 4.69) is 10.2 Å². The van der Waals surface area contributed by atoms with Crippen LogP contribution in [0.4, 0.5) is 11.4 Å². The molecule has 28 heavy (non-hydrogen) atoms. The number of carbonyl (C=O) groups excluding carboxylic acids is 2. The zero-order chi connectivity index (χ0) is 19.5. The molecular formula is C21H23N3O4. The average Bonchev–Trinajstić information content (AvgIpc) is 2.74. The number of benzene rings is 2. The fourth-order valence-corrected chi connectivity index (χ4v) is 3.52. The first-order chi connectivity index (χ1) is 13.6. The van der Waals surface area contributed by atoms with E-state index >= 15 is 0 Å². The van der Waals surface area contributed by atoms with Crippen molar-refractivity contribution >= 4 is 23.2 Å². The van der Waals surface area contributed by atoms with E-state index in [1.165, 1.54) is 0 Å². The minimum atomic E-state index is -0.790. The van der Waals surface area contributed by atoms with Crippen molar-refractivity contribution in [2.75, 3.05) is 43.5 Å². The van der Waals surface area contributed by atoms with Crippen LogP contribution >= 0.6 is 0 Å². The van der Waals surface area contributed by atoms with Gasteiger partial charge in [0.25, 0.3) is 5.91 Å². The van der Waals surface area contributed by atoms with Gasteiger partial charge in [0, 0.05) is 31.9 Å². The summed E-state index contributed by atoms with van der Waals surface area (Å²) in [5.74, 6) is 1.09. The monoisotopic (exact) mass is 381 g/mol. The number of anilines is 2. The number of nitrogens with one attached hydrogen (secondary N) is 1. The molecule has 0 spiro atoms. The Morgan fingerprint density at radius 2 is 1.82 bits per heavy atom. The van der Waals surface area contributed by atoms with Crippen molar-refractivity contribution in [1.82, 2.24) is 4.90 Å². The first-order valence-electron chi connectivity index (χ1n) is 9.37. The number of hydrogen-bond donors (Lipinski definition) is 1. The molecule has 0 bridgehead atoms. The summed E-state index contributed by atoms with van der Waals surface area (Å²) in [4.78, 5) is 29.0. The minimum Gasteiger partial charge on any atom is -0.497 e. The smallest absolute Gasteiger partial charge is 0.266 e. The first-order valence-corrected chi connectivity index (χ1v) is 9.37. The quantitative estimate of drug-likeness (QED) is 0.879. The average molecular weight is 381 g/mol. The van der Waals surface area contributed by atoms with Crippen molar-refractivity contribution < 1.29 is 19.1 Å². The van der Waals surface area contributed by atoms with E-state index in [0.29, 0.717) is 24.5 Å². The normalized spacial score (nSPS) is 18.8. The zero-order valence-corrected chi connectivity index (χ0v) is 15.8. The lowest BCUT2D eigenvalue weighted by Crippen LogP contribution is -2.50. The molecule has 0 aliphatic carbocycles. The predicted molar refractivity (Wildman–Crippen MR) is 106 cm³/mol. The highest BCUT2D eigenvalue weighted by Crippen LogP contribution is 2.30. The molecule has 4 rings (SSSR count). The number of piperazine rings is 1. The van der Waals surface area contributed by atoms with Crippen LogP contribution in [0, 0.1) is 0 Å². The van der Waals surface area contributed by atoms with E-state index in [9.17, 15) is 9.59 Å². The molecule has 7 heteroatoms. The van der Waals surface area contributed by atoms with Gasteiger partial charge in [-0.05, 0) is 36.4 Å². The summed E-state index contributed by atoms with van der Waals surface area (Å²) in [6, 6.07) is 15.2. The molecule has 2 heterocycles. The highest BCUT2D eigenvalue weighted by atomic mass is 16.5. The van der Waals surface area contributed by atoms with Crippen LogP contribution in [0.25, 0.3) is 0 Å². The van der Waals surface area contributed by atoms with Crippen LogP contribution in [0.5, 0.6) is 11.5 Å². The van der Waals surface area contributed by atoms with Crippen molar-refractivity contribution in [1.29, 1.82) is 0 Å². The Kier molecular flexibility index (Phi) is 5.06. The van der Waals surface area contributed by atoms with E-state index in [0.717, 1.165) is 24.5 Å². The fraction of sp³-hybridized carbons (Fsp3) is 0.333. The van der Waals surface area contributed by atoms with Gasteiger partial charge in [-0.2, -0.15) is 0 Å². The number of methoxy groups -OCH3 is 1. The van der Waals surface area contributed by atoms with Crippen molar-refractivity contribution in [3.05, 3.63) is 48.5 Å². The molecule has 0 unspecified atom stereocenters. The van der Waals surface area contributed by atoms with Crippen LogP contribution in [0.1, 0.15) is 6.42 Å². The van der Waals surface area contributed by atoms with Crippen LogP contribution in [-0.4, -0.2) is 56.1 Å². The van der Waals surface area contributed by atoms with Crippen molar-refractivity contribution in [2.45, 2.75) is 12.5 Å². The third kappa shape index (κ3) is 3.74. The number of rotatable bonds is 4. The molecule has 1 saturated heterocycles. The number of nitrogens with zero attached hydrogens (tertiary/aromatic N) is 2. The van der Waals surface area contributed by atoms with Gasteiger partial charge in [0.1, 0.15) is 11.5 Å². The molecule has 2 amide bonds. The second kappa shape index (κ2) is 7.80. The summed E-state index contributed by atoms with van der Waals surface area (Å²) in [6.45, 7) is 2.74. The molecule has 146 valence electrons. The molecule has 2 aromatic rings. The first kappa shape index (κ1) is 18.2. The maximum absolute atomic E-state index is 12.7.